The fraction of sp³-hybridized carbons (Fsp3) is 0.533. The van der Waals surface area contributed by atoms with Crippen molar-refractivity contribution in [1.82, 2.24) is 15.0 Å². The molecule has 1 saturated heterocycles. The van der Waals surface area contributed by atoms with Crippen molar-refractivity contribution in [3.05, 3.63) is 23.4 Å². The number of hydrogen-bond acceptors (Lipinski definition) is 6. The molecule has 0 aliphatic carbocycles. The van der Waals surface area contributed by atoms with E-state index >= 15 is 0 Å². The molecule has 0 spiro atoms. The van der Waals surface area contributed by atoms with Gasteiger partial charge in [0.15, 0.2) is 0 Å². The number of aliphatic carboxylic acids is 1. The predicted octanol–water partition coefficient (Wildman–Crippen LogP) is 2.53. The van der Waals surface area contributed by atoms with E-state index < -0.39 is 5.97 Å². The van der Waals surface area contributed by atoms with Crippen molar-refractivity contribution < 1.29 is 14.4 Å². The van der Waals surface area contributed by atoms with Gasteiger partial charge in [0.05, 0.1) is 10.8 Å². The lowest BCUT2D eigenvalue weighted by atomic mass is 9.98. The number of aromatic nitrogens is 2. The standard InChI is InChI=1S/C15H19N3O3S/c19-15(20)11-4-1-7-18(10-11)8-2-6-13-16-14(17-21-13)12-5-3-9-22-12/h3,5,9,11H,1-2,4,6-8,10H2,(H,19,20). The van der Waals surface area contributed by atoms with E-state index in [0.29, 0.717) is 18.3 Å². The number of thiophene rings is 1. The van der Waals surface area contributed by atoms with E-state index in [0.717, 1.165) is 43.6 Å². The zero-order valence-corrected chi connectivity index (χ0v) is 13.1. The molecule has 1 atom stereocenters. The van der Waals surface area contributed by atoms with Crippen LogP contribution in [0.1, 0.15) is 25.2 Å². The van der Waals surface area contributed by atoms with Crippen LogP contribution in [0.25, 0.3) is 10.7 Å². The van der Waals surface area contributed by atoms with Crippen LogP contribution < -0.4 is 0 Å². The second-order valence-corrected chi connectivity index (χ2v) is 6.52. The fourth-order valence-corrected chi connectivity index (χ4v) is 3.43. The molecule has 118 valence electrons. The number of carboxylic acids is 1. The van der Waals surface area contributed by atoms with Gasteiger partial charge in [-0.1, -0.05) is 11.2 Å². The second-order valence-electron chi connectivity index (χ2n) is 5.57. The molecule has 1 N–H and O–H groups in total. The summed E-state index contributed by atoms with van der Waals surface area (Å²) in [5.74, 6) is 0.397. The Morgan fingerprint density at radius 3 is 3.23 bits per heavy atom. The number of rotatable bonds is 6. The highest BCUT2D eigenvalue weighted by molar-refractivity contribution is 7.13. The Morgan fingerprint density at radius 2 is 2.45 bits per heavy atom. The number of piperidine rings is 1. The van der Waals surface area contributed by atoms with Gasteiger partial charge >= 0.3 is 5.97 Å². The van der Waals surface area contributed by atoms with Crippen LogP contribution in [0.15, 0.2) is 22.0 Å². The number of aryl methyl sites for hydroxylation is 1. The van der Waals surface area contributed by atoms with Crippen molar-refractivity contribution in [3.8, 4) is 10.7 Å². The van der Waals surface area contributed by atoms with Crippen LogP contribution in [0.2, 0.25) is 0 Å². The maximum Gasteiger partial charge on any atom is 0.307 e. The van der Waals surface area contributed by atoms with Gasteiger partial charge in [-0.15, -0.1) is 11.3 Å². The topological polar surface area (TPSA) is 79.5 Å². The van der Waals surface area contributed by atoms with Crippen molar-refractivity contribution in [2.24, 2.45) is 5.92 Å². The van der Waals surface area contributed by atoms with Gasteiger partial charge in [-0.05, 0) is 43.8 Å². The van der Waals surface area contributed by atoms with Crippen LogP contribution in [0.5, 0.6) is 0 Å². The molecule has 2 aromatic rings. The largest absolute Gasteiger partial charge is 0.481 e. The lowest BCUT2D eigenvalue weighted by molar-refractivity contribution is -0.143. The van der Waals surface area contributed by atoms with Gasteiger partial charge in [-0.2, -0.15) is 4.98 Å². The first-order valence-corrected chi connectivity index (χ1v) is 8.42. The molecular weight excluding hydrogens is 302 g/mol. The average molecular weight is 321 g/mol. The SMILES string of the molecule is O=C(O)C1CCCN(CCCc2nc(-c3cccs3)no2)C1. The number of carboxylic acid groups (broad SMARTS) is 1. The molecule has 1 fully saturated rings. The first-order valence-electron chi connectivity index (χ1n) is 7.54. The molecule has 7 heteroatoms. The van der Waals surface area contributed by atoms with Crippen LogP contribution in [0.4, 0.5) is 0 Å². The first kappa shape index (κ1) is 15.2. The zero-order chi connectivity index (χ0) is 15.4. The third kappa shape index (κ3) is 3.72. The van der Waals surface area contributed by atoms with Crippen LogP contribution in [-0.4, -0.2) is 45.8 Å². The molecule has 0 bridgehead atoms. The van der Waals surface area contributed by atoms with Crippen LogP contribution in [0.3, 0.4) is 0 Å². The Morgan fingerprint density at radius 1 is 1.55 bits per heavy atom. The van der Waals surface area contributed by atoms with E-state index in [1.54, 1.807) is 11.3 Å². The monoisotopic (exact) mass is 321 g/mol. The minimum atomic E-state index is -0.679. The lowest BCUT2D eigenvalue weighted by Crippen LogP contribution is -2.39. The first-order chi connectivity index (χ1) is 10.7. The summed E-state index contributed by atoms with van der Waals surface area (Å²) in [5, 5.41) is 15.1. The van der Waals surface area contributed by atoms with Gasteiger partial charge in [0, 0.05) is 13.0 Å². The molecule has 22 heavy (non-hydrogen) atoms. The van der Waals surface area contributed by atoms with Crippen molar-refractivity contribution in [2.45, 2.75) is 25.7 Å². The van der Waals surface area contributed by atoms with E-state index in [2.05, 4.69) is 15.0 Å². The van der Waals surface area contributed by atoms with Crippen molar-refractivity contribution in [2.75, 3.05) is 19.6 Å². The summed E-state index contributed by atoms with van der Waals surface area (Å²) < 4.78 is 5.27. The molecular formula is C15H19N3O3S. The van der Waals surface area contributed by atoms with Crippen LogP contribution in [0, 0.1) is 5.92 Å². The molecule has 3 heterocycles. The molecule has 1 aliphatic rings. The fourth-order valence-electron chi connectivity index (χ4n) is 2.78. The summed E-state index contributed by atoms with van der Waals surface area (Å²) >= 11 is 1.59. The third-order valence-corrected chi connectivity index (χ3v) is 4.80. The molecule has 0 radical (unpaired) electrons. The summed E-state index contributed by atoms with van der Waals surface area (Å²) in [6.07, 6.45) is 3.38. The Bertz CT molecular complexity index is 611. The highest BCUT2D eigenvalue weighted by Gasteiger charge is 2.24. The summed E-state index contributed by atoms with van der Waals surface area (Å²) in [6, 6.07) is 3.93. The molecule has 1 aliphatic heterocycles. The maximum atomic E-state index is 11.1. The second kappa shape index (κ2) is 7.02. The minimum absolute atomic E-state index is 0.220. The van der Waals surface area contributed by atoms with Gasteiger partial charge in [0.2, 0.25) is 11.7 Å². The Kier molecular flexibility index (Phi) is 4.84. The third-order valence-electron chi connectivity index (χ3n) is 3.93. The summed E-state index contributed by atoms with van der Waals surface area (Å²) in [5.41, 5.74) is 0. The Hall–Kier alpha value is -1.73. The molecule has 2 aromatic heterocycles. The van der Waals surface area contributed by atoms with Gasteiger partial charge < -0.3 is 14.5 Å². The zero-order valence-electron chi connectivity index (χ0n) is 12.3. The normalized spacial score (nSPS) is 19.4. The molecule has 0 saturated carbocycles. The molecule has 3 rings (SSSR count). The predicted molar refractivity (Wildman–Crippen MR) is 82.7 cm³/mol. The van der Waals surface area contributed by atoms with Crippen molar-refractivity contribution >= 4 is 17.3 Å². The number of nitrogens with zero attached hydrogens (tertiary/aromatic N) is 3. The number of carbonyl (C=O) groups is 1. The maximum absolute atomic E-state index is 11.1. The van der Waals surface area contributed by atoms with E-state index in [4.69, 9.17) is 9.63 Å². The molecule has 1 unspecified atom stereocenters. The van der Waals surface area contributed by atoms with Crippen LogP contribution >= 0.6 is 11.3 Å². The van der Waals surface area contributed by atoms with Gasteiger partial charge in [0.1, 0.15) is 0 Å². The highest BCUT2D eigenvalue weighted by Crippen LogP contribution is 2.22. The summed E-state index contributed by atoms with van der Waals surface area (Å²) in [6.45, 7) is 2.51. The number of likely N-dealkylation sites (tertiary alicyclic amines) is 1. The Labute approximate surface area is 132 Å². The van der Waals surface area contributed by atoms with Gasteiger partial charge in [0.25, 0.3) is 0 Å². The lowest BCUT2D eigenvalue weighted by Gasteiger charge is -2.30. The minimum Gasteiger partial charge on any atom is -0.481 e. The number of hydrogen-bond donors (Lipinski definition) is 1. The molecule has 6 nitrogen and oxygen atoms in total. The van der Waals surface area contributed by atoms with Crippen molar-refractivity contribution in [1.29, 1.82) is 0 Å². The average Bonchev–Trinajstić information content (AvgIpc) is 3.18. The van der Waals surface area contributed by atoms with Gasteiger partial charge in [-0.25, -0.2) is 0 Å². The summed E-state index contributed by atoms with van der Waals surface area (Å²) in [7, 11) is 0. The smallest absolute Gasteiger partial charge is 0.307 e. The quantitative estimate of drug-likeness (QED) is 0.880. The van der Waals surface area contributed by atoms with E-state index in [-0.39, 0.29) is 5.92 Å². The highest BCUT2D eigenvalue weighted by atomic mass is 32.1. The van der Waals surface area contributed by atoms with E-state index in [1.807, 2.05) is 17.5 Å². The van der Waals surface area contributed by atoms with Crippen molar-refractivity contribution in [3.63, 3.8) is 0 Å². The van der Waals surface area contributed by atoms with Gasteiger partial charge in [-0.3, -0.25) is 4.79 Å². The van der Waals surface area contributed by atoms with E-state index in [9.17, 15) is 4.79 Å². The Balaban J connectivity index is 1.46. The summed E-state index contributed by atoms with van der Waals surface area (Å²) in [4.78, 5) is 18.7. The molecule has 0 amide bonds. The van der Waals surface area contributed by atoms with Crippen LogP contribution in [-0.2, 0) is 11.2 Å². The van der Waals surface area contributed by atoms with E-state index in [1.165, 1.54) is 0 Å². The molecule has 0 aromatic carbocycles.